The largest absolute Gasteiger partial charge is 0.465 e. The zero-order valence-corrected chi connectivity index (χ0v) is 13.0. The SMILES string of the molecule is CCC1CCN(C(=O)[C@@H](NC(=O)O)C(C)(C)C)C1C(N)=O. The second kappa shape index (κ2) is 6.32. The van der Waals surface area contributed by atoms with Crippen LogP contribution in [0.4, 0.5) is 4.79 Å². The summed E-state index contributed by atoms with van der Waals surface area (Å²) in [5.74, 6) is -0.878. The van der Waals surface area contributed by atoms with Crippen LogP contribution in [0, 0.1) is 11.3 Å². The van der Waals surface area contributed by atoms with Crippen LogP contribution in [0.25, 0.3) is 0 Å². The van der Waals surface area contributed by atoms with Crippen molar-refractivity contribution in [2.45, 2.75) is 52.6 Å². The summed E-state index contributed by atoms with van der Waals surface area (Å²) in [6.07, 6.45) is 0.203. The van der Waals surface area contributed by atoms with E-state index in [4.69, 9.17) is 10.8 Å². The molecule has 1 saturated heterocycles. The van der Waals surface area contributed by atoms with Gasteiger partial charge in [-0.1, -0.05) is 34.1 Å². The highest BCUT2D eigenvalue weighted by molar-refractivity contribution is 5.91. The number of rotatable bonds is 4. The van der Waals surface area contributed by atoms with Gasteiger partial charge in [-0.25, -0.2) is 4.79 Å². The van der Waals surface area contributed by atoms with Crippen LogP contribution >= 0.6 is 0 Å². The molecule has 120 valence electrons. The van der Waals surface area contributed by atoms with Crippen LogP contribution < -0.4 is 11.1 Å². The Kier molecular flexibility index (Phi) is 5.20. The summed E-state index contributed by atoms with van der Waals surface area (Å²) in [7, 11) is 0. The van der Waals surface area contributed by atoms with Gasteiger partial charge in [0, 0.05) is 6.54 Å². The minimum Gasteiger partial charge on any atom is -0.465 e. The van der Waals surface area contributed by atoms with Crippen LogP contribution in [0.1, 0.15) is 40.5 Å². The van der Waals surface area contributed by atoms with Crippen molar-refractivity contribution in [1.29, 1.82) is 0 Å². The summed E-state index contributed by atoms with van der Waals surface area (Å²) in [5.41, 5.74) is 4.84. The fourth-order valence-electron chi connectivity index (χ4n) is 2.85. The van der Waals surface area contributed by atoms with Crippen molar-refractivity contribution < 1.29 is 19.5 Å². The summed E-state index contributed by atoms with van der Waals surface area (Å²) in [5, 5.41) is 11.2. The molecule has 0 bridgehead atoms. The van der Waals surface area contributed by atoms with Gasteiger partial charge in [0.15, 0.2) is 0 Å². The third kappa shape index (κ3) is 3.86. The lowest BCUT2D eigenvalue weighted by Gasteiger charge is -2.35. The van der Waals surface area contributed by atoms with E-state index in [1.165, 1.54) is 4.90 Å². The molecular weight excluding hydrogens is 274 g/mol. The molecule has 3 atom stereocenters. The van der Waals surface area contributed by atoms with Crippen LogP contribution in [-0.2, 0) is 9.59 Å². The number of amides is 3. The number of likely N-dealkylation sites (tertiary alicyclic amines) is 1. The predicted octanol–water partition coefficient (Wildman–Crippen LogP) is 0.781. The van der Waals surface area contributed by atoms with Crippen molar-refractivity contribution in [2.75, 3.05) is 6.54 Å². The number of carbonyl (C=O) groups is 3. The van der Waals surface area contributed by atoms with E-state index >= 15 is 0 Å². The van der Waals surface area contributed by atoms with Crippen LogP contribution in [-0.4, -0.2) is 46.5 Å². The first-order valence-corrected chi connectivity index (χ1v) is 7.18. The molecule has 1 aliphatic heterocycles. The van der Waals surface area contributed by atoms with Crippen molar-refractivity contribution in [2.24, 2.45) is 17.1 Å². The summed E-state index contributed by atoms with van der Waals surface area (Å²) in [6.45, 7) is 7.71. The van der Waals surface area contributed by atoms with Crippen LogP contribution in [0.2, 0.25) is 0 Å². The summed E-state index contributed by atoms with van der Waals surface area (Å²) < 4.78 is 0. The molecule has 0 radical (unpaired) electrons. The maximum absolute atomic E-state index is 12.7. The number of hydrogen-bond acceptors (Lipinski definition) is 3. The second-order valence-electron chi connectivity index (χ2n) is 6.58. The molecule has 7 nitrogen and oxygen atoms in total. The predicted molar refractivity (Wildman–Crippen MR) is 77.5 cm³/mol. The van der Waals surface area contributed by atoms with Crippen molar-refractivity contribution in [3.63, 3.8) is 0 Å². The van der Waals surface area contributed by atoms with E-state index in [9.17, 15) is 14.4 Å². The lowest BCUT2D eigenvalue weighted by Crippen LogP contribution is -2.57. The minimum absolute atomic E-state index is 0.0388. The molecule has 2 unspecified atom stereocenters. The van der Waals surface area contributed by atoms with E-state index < -0.39 is 29.5 Å². The quantitative estimate of drug-likeness (QED) is 0.712. The number of carbonyl (C=O) groups excluding carboxylic acids is 2. The molecule has 0 spiro atoms. The fraction of sp³-hybridized carbons (Fsp3) is 0.786. The van der Waals surface area contributed by atoms with Gasteiger partial charge in [-0.3, -0.25) is 9.59 Å². The van der Waals surface area contributed by atoms with Crippen molar-refractivity contribution in [3.8, 4) is 0 Å². The Hall–Kier alpha value is -1.79. The van der Waals surface area contributed by atoms with Gasteiger partial charge in [0.2, 0.25) is 11.8 Å². The van der Waals surface area contributed by atoms with Crippen molar-refractivity contribution in [3.05, 3.63) is 0 Å². The molecule has 0 aromatic heterocycles. The maximum Gasteiger partial charge on any atom is 0.405 e. The Morgan fingerprint density at radius 1 is 1.38 bits per heavy atom. The van der Waals surface area contributed by atoms with Crippen LogP contribution in [0.3, 0.4) is 0 Å². The van der Waals surface area contributed by atoms with Crippen molar-refractivity contribution >= 4 is 17.9 Å². The molecule has 0 aromatic carbocycles. The van der Waals surface area contributed by atoms with Gasteiger partial charge in [0.1, 0.15) is 12.1 Å². The zero-order valence-electron chi connectivity index (χ0n) is 13.0. The highest BCUT2D eigenvalue weighted by atomic mass is 16.4. The molecule has 1 heterocycles. The van der Waals surface area contributed by atoms with Gasteiger partial charge >= 0.3 is 6.09 Å². The highest BCUT2D eigenvalue weighted by Gasteiger charge is 2.44. The van der Waals surface area contributed by atoms with Gasteiger partial charge in [-0.15, -0.1) is 0 Å². The van der Waals surface area contributed by atoms with Crippen molar-refractivity contribution in [1.82, 2.24) is 10.2 Å². The number of primary amides is 1. The van der Waals surface area contributed by atoms with Crippen LogP contribution in [0.15, 0.2) is 0 Å². The minimum atomic E-state index is -1.26. The monoisotopic (exact) mass is 299 g/mol. The average Bonchev–Trinajstić information content (AvgIpc) is 2.77. The number of nitrogens with two attached hydrogens (primary N) is 1. The molecule has 21 heavy (non-hydrogen) atoms. The highest BCUT2D eigenvalue weighted by Crippen LogP contribution is 2.30. The smallest absolute Gasteiger partial charge is 0.405 e. The molecule has 0 aliphatic carbocycles. The van der Waals surface area contributed by atoms with Gasteiger partial charge in [0.25, 0.3) is 0 Å². The van der Waals surface area contributed by atoms with E-state index in [0.717, 1.165) is 6.42 Å². The first-order chi connectivity index (χ1) is 9.59. The normalized spacial score (nSPS) is 23.7. The fourth-order valence-corrected chi connectivity index (χ4v) is 2.85. The maximum atomic E-state index is 12.7. The third-order valence-electron chi connectivity index (χ3n) is 4.00. The van der Waals surface area contributed by atoms with E-state index in [1.807, 2.05) is 6.92 Å². The molecule has 3 amide bonds. The van der Waals surface area contributed by atoms with Gasteiger partial charge in [-0.05, 0) is 17.8 Å². The van der Waals surface area contributed by atoms with E-state index in [-0.39, 0.29) is 11.8 Å². The van der Waals surface area contributed by atoms with Crippen LogP contribution in [0.5, 0.6) is 0 Å². The first kappa shape index (κ1) is 17.3. The van der Waals surface area contributed by atoms with Gasteiger partial charge in [-0.2, -0.15) is 0 Å². The lowest BCUT2D eigenvalue weighted by atomic mass is 9.85. The van der Waals surface area contributed by atoms with E-state index in [0.29, 0.717) is 13.0 Å². The molecule has 4 N–H and O–H groups in total. The number of hydrogen-bond donors (Lipinski definition) is 3. The molecule has 7 heteroatoms. The summed E-state index contributed by atoms with van der Waals surface area (Å²) in [4.78, 5) is 36.7. The third-order valence-corrected chi connectivity index (χ3v) is 4.00. The number of carboxylic acid groups (broad SMARTS) is 1. The Balaban J connectivity index is 3.03. The summed E-state index contributed by atoms with van der Waals surface area (Å²) >= 11 is 0. The molecule has 0 aromatic rings. The summed E-state index contributed by atoms with van der Waals surface area (Å²) in [6, 6.07) is -1.56. The Labute approximate surface area is 124 Å². The first-order valence-electron chi connectivity index (χ1n) is 7.18. The van der Waals surface area contributed by atoms with E-state index in [1.54, 1.807) is 20.8 Å². The molecule has 0 saturated carbocycles. The topological polar surface area (TPSA) is 113 Å². The molecule has 1 aliphatic rings. The standard InChI is InChI=1S/C14H25N3O4/c1-5-8-6-7-17(9(8)11(15)18)12(19)10(14(2,3)4)16-13(20)21/h8-10,16H,5-7H2,1-4H3,(H2,15,18)(H,20,21)/t8?,9?,10-/m1/s1. The number of nitrogens with zero attached hydrogens (tertiary/aromatic N) is 1. The molecular formula is C14H25N3O4. The van der Waals surface area contributed by atoms with Gasteiger partial charge in [0.05, 0.1) is 0 Å². The average molecular weight is 299 g/mol. The Morgan fingerprint density at radius 3 is 2.33 bits per heavy atom. The van der Waals surface area contributed by atoms with E-state index in [2.05, 4.69) is 5.32 Å². The molecule has 1 fully saturated rings. The Bertz CT molecular complexity index is 430. The Morgan fingerprint density at radius 2 is 1.95 bits per heavy atom. The zero-order chi connectivity index (χ0) is 16.4. The second-order valence-corrected chi connectivity index (χ2v) is 6.58. The number of nitrogens with one attached hydrogen (secondary N) is 1. The van der Waals surface area contributed by atoms with Gasteiger partial charge < -0.3 is 21.1 Å². The molecule has 1 rings (SSSR count). The lowest BCUT2D eigenvalue weighted by molar-refractivity contribution is -0.141.